The molecule has 0 radical (unpaired) electrons. The van der Waals surface area contributed by atoms with Crippen molar-refractivity contribution in [3.63, 3.8) is 0 Å². The summed E-state index contributed by atoms with van der Waals surface area (Å²) in [7, 11) is 0. The summed E-state index contributed by atoms with van der Waals surface area (Å²) >= 11 is 0. The predicted octanol–water partition coefficient (Wildman–Crippen LogP) is -1.94. The van der Waals surface area contributed by atoms with Crippen LogP contribution in [0.4, 0.5) is 0 Å². The van der Waals surface area contributed by atoms with E-state index in [1.807, 2.05) is 10.9 Å². The molecule has 7 nitrogen and oxygen atoms in total. The summed E-state index contributed by atoms with van der Waals surface area (Å²) in [4.78, 5) is 21.2. The third-order valence-corrected chi connectivity index (χ3v) is 0.772. The van der Waals surface area contributed by atoms with Gasteiger partial charge in [0, 0.05) is 0 Å². The van der Waals surface area contributed by atoms with Gasteiger partial charge in [-0.05, 0) is 6.92 Å². The van der Waals surface area contributed by atoms with E-state index in [2.05, 4.69) is 4.74 Å². The standard InChI is InChI=1S/C5H10N4O3/c1-2-12-4(11)3(10)8-9-5(6)7/h2H2,1H3,(H,8,10)(H4,6,7,9). The SMILES string of the molecule is CCOC(=O)C(=O)NNC(=N)N. The first-order valence-corrected chi connectivity index (χ1v) is 3.15. The minimum absolute atomic E-state index is 0.117. The molecular weight excluding hydrogens is 164 g/mol. The highest BCUT2D eigenvalue weighted by Gasteiger charge is 2.13. The van der Waals surface area contributed by atoms with Gasteiger partial charge in [0.05, 0.1) is 6.61 Å². The van der Waals surface area contributed by atoms with Gasteiger partial charge in [-0.15, -0.1) is 0 Å². The zero-order valence-electron chi connectivity index (χ0n) is 6.51. The first-order chi connectivity index (χ1) is 5.57. The van der Waals surface area contributed by atoms with Gasteiger partial charge in [0.1, 0.15) is 0 Å². The van der Waals surface area contributed by atoms with Crippen molar-refractivity contribution in [1.82, 2.24) is 10.9 Å². The summed E-state index contributed by atoms with van der Waals surface area (Å²) in [6, 6.07) is 0. The van der Waals surface area contributed by atoms with E-state index in [9.17, 15) is 9.59 Å². The van der Waals surface area contributed by atoms with Crippen LogP contribution in [0.15, 0.2) is 0 Å². The molecule has 12 heavy (non-hydrogen) atoms. The molecular formula is C5H10N4O3. The molecule has 0 aromatic carbocycles. The molecule has 0 atom stereocenters. The zero-order chi connectivity index (χ0) is 9.56. The lowest BCUT2D eigenvalue weighted by atomic mass is 10.6. The lowest BCUT2D eigenvalue weighted by Crippen LogP contribution is -2.48. The normalized spacial score (nSPS) is 8.42. The summed E-state index contributed by atoms with van der Waals surface area (Å²) in [5.41, 5.74) is 8.62. The molecule has 0 aliphatic carbocycles. The molecule has 0 saturated heterocycles. The summed E-state index contributed by atoms with van der Waals surface area (Å²) in [6.07, 6.45) is 0. The molecule has 0 aromatic heterocycles. The Hall–Kier alpha value is -1.79. The second-order valence-corrected chi connectivity index (χ2v) is 1.71. The third-order valence-electron chi connectivity index (χ3n) is 0.772. The molecule has 0 spiro atoms. The summed E-state index contributed by atoms with van der Waals surface area (Å²) in [5.74, 6) is -2.48. The van der Waals surface area contributed by atoms with Crippen LogP contribution in [-0.4, -0.2) is 24.4 Å². The number of hydrogen-bond donors (Lipinski definition) is 4. The van der Waals surface area contributed by atoms with E-state index in [-0.39, 0.29) is 6.61 Å². The number of hydrazine groups is 1. The van der Waals surface area contributed by atoms with Crippen molar-refractivity contribution in [2.75, 3.05) is 6.61 Å². The van der Waals surface area contributed by atoms with Gasteiger partial charge in [-0.3, -0.25) is 21.1 Å². The number of carbonyl (C=O) groups excluding carboxylic acids is 2. The maximum Gasteiger partial charge on any atom is 0.398 e. The van der Waals surface area contributed by atoms with E-state index in [0.29, 0.717) is 0 Å². The van der Waals surface area contributed by atoms with Crippen molar-refractivity contribution in [2.45, 2.75) is 6.92 Å². The van der Waals surface area contributed by atoms with Gasteiger partial charge < -0.3 is 10.5 Å². The first-order valence-electron chi connectivity index (χ1n) is 3.15. The van der Waals surface area contributed by atoms with Gasteiger partial charge in [-0.25, -0.2) is 4.79 Å². The summed E-state index contributed by atoms with van der Waals surface area (Å²) in [6.45, 7) is 1.69. The molecule has 68 valence electrons. The molecule has 5 N–H and O–H groups in total. The quantitative estimate of drug-likeness (QED) is 0.121. The Morgan fingerprint density at radius 2 is 2.08 bits per heavy atom. The molecule has 0 aliphatic rings. The van der Waals surface area contributed by atoms with Crippen molar-refractivity contribution in [3.05, 3.63) is 0 Å². The van der Waals surface area contributed by atoms with E-state index >= 15 is 0 Å². The fraction of sp³-hybridized carbons (Fsp3) is 0.400. The van der Waals surface area contributed by atoms with Crippen LogP contribution < -0.4 is 16.6 Å². The number of hydrogen-bond acceptors (Lipinski definition) is 4. The van der Waals surface area contributed by atoms with Gasteiger partial charge in [0.15, 0.2) is 0 Å². The fourth-order valence-corrected chi connectivity index (χ4v) is 0.372. The van der Waals surface area contributed by atoms with E-state index in [1.165, 1.54) is 0 Å². The maximum atomic E-state index is 10.6. The first kappa shape index (κ1) is 10.2. The molecule has 7 heteroatoms. The van der Waals surface area contributed by atoms with Gasteiger partial charge in [-0.1, -0.05) is 0 Å². The third kappa shape index (κ3) is 4.09. The number of rotatable bonds is 1. The van der Waals surface area contributed by atoms with Crippen molar-refractivity contribution in [3.8, 4) is 0 Å². The minimum Gasteiger partial charge on any atom is -0.459 e. The van der Waals surface area contributed by atoms with Crippen LogP contribution in [0, 0.1) is 5.41 Å². The van der Waals surface area contributed by atoms with Gasteiger partial charge in [0.2, 0.25) is 5.96 Å². The Morgan fingerprint density at radius 1 is 1.50 bits per heavy atom. The van der Waals surface area contributed by atoms with Crippen LogP contribution in [0.25, 0.3) is 0 Å². The number of nitrogens with one attached hydrogen (secondary N) is 3. The van der Waals surface area contributed by atoms with E-state index in [0.717, 1.165) is 0 Å². The molecule has 0 aromatic rings. The maximum absolute atomic E-state index is 10.6. The number of nitrogens with two attached hydrogens (primary N) is 1. The average Bonchev–Trinajstić information content (AvgIpc) is 2.00. The van der Waals surface area contributed by atoms with E-state index in [4.69, 9.17) is 11.1 Å². The zero-order valence-corrected chi connectivity index (χ0v) is 6.51. The Bertz CT molecular complexity index is 203. The number of amides is 1. The number of esters is 1. The molecule has 0 aliphatic heterocycles. The molecule has 0 bridgehead atoms. The lowest BCUT2D eigenvalue weighted by Gasteiger charge is -2.04. The highest BCUT2D eigenvalue weighted by Crippen LogP contribution is 1.75. The Balaban J connectivity index is 3.72. The van der Waals surface area contributed by atoms with Crippen molar-refractivity contribution in [2.24, 2.45) is 5.73 Å². The second-order valence-electron chi connectivity index (χ2n) is 1.71. The Morgan fingerprint density at radius 3 is 2.50 bits per heavy atom. The lowest BCUT2D eigenvalue weighted by molar-refractivity contribution is -0.154. The van der Waals surface area contributed by atoms with Crippen molar-refractivity contribution >= 4 is 17.8 Å². The number of guanidine groups is 1. The molecule has 0 rings (SSSR count). The van der Waals surface area contributed by atoms with Crippen LogP contribution in [0.5, 0.6) is 0 Å². The second kappa shape index (κ2) is 4.94. The van der Waals surface area contributed by atoms with Crippen LogP contribution in [0.2, 0.25) is 0 Å². The topological polar surface area (TPSA) is 117 Å². The summed E-state index contributed by atoms with van der Waals surface area (Å²) < 4.78 is 4.33. The smallest absolute Gasteiger partial charge is 0.398 e. The van der Waals surface area contributed by atoms with E-state index in [1.54, 1.807) is 6.92 Å². The molecule has 0 fully saturated rings. The largest absolute Gasteiger partial charge is 0.459 e. The molecule has 0 saturated carbocycles. The predicted molar refractivity (Wildman–Crippen MR) is 39.8 cm³/mol. The van der Waals surface area contributed by atoms with Gasteiger partial charge >= 0.3 is 11.9 Å². The number of carbonyl (C=O) groups is 2. The van der Waals surface area contributed by atoms with Crippen molar-refractivity contribution in [1.29, 1.82) is 5.41 Å². The highest BCUT2D eigenvalue weighted by atomic mass is 16.5. The highest BCUT2D eigenvalue weighted by molar-refractivity contribution is 6.32. The average molecular weight is 174 g/mol. The fourth-order valence-electron chi connectivity index (χ4n) is 0.372. The van der Waals surface area contributed by atoms with Crippen LogP contribution in [0.1, 0.15) is 6.92 Å². The van der Waals surface area contributed by atoms with Crippen LogP contribution >= 0.6 is 0 Å². The molecule has 1 amide bonds. The molecule has 0 unspecified atom stereocenters. The van der Waals surface area contributed by atoms with Crippen LogP contribution in [0.3, 0.4) is 0 Å². The number of ether oxygens (including phenoxy) is 1. The summed E-state index contributed by atoms with van der Waals surface area (Å²) in [5, 5.41) is 6.63. The van der Waals surface area contributed by atoms with Crippen LogP contribution in [-0.2, 0) is 14.3 Å². The van der Waals surface area contributed by atoms with E-state index < -0.39 is 17.8 Å². The van der Waals surface area contributed by atoms with Gasteiger partial charge in [-0.2, -0.15) is 0 Å². The van der Waals surface area contributed by atoms with Crippen molar-refractivity contribution < 1.29 is 14.3 Å². The Kier molecular flexibility index (Phi) is 4.20. The van der Waals surface area contributed by atoms with Gasteiger partial charge in [0.25, 0.3) is 0 Å². The minimum atomic E-state index is -1.02. The Labute approximate surface area is 68.7 Å². The monoisotopic (exact) mass is 174 g/mol. The molecule has 0 heterocycles.